The smallest absolute Gasteiger partial charge is 0.423 e. The van der Waals surface area contributed by atoms with E-state index in [0.29, 0.717) is 5.46 Å². The Morgan fingerprint density at radius 3 is 1.69 bits per heavy atom. The normalized spacial score (nSPS) is 11.1. The molecule has 0 unspecified atom stereocenters. The number of hydrogen-bond acceptors (Lipinski definition) is 3. The summed E-state index contributed by atoms with van der Waals surface area (Å²) in [5.74, 6) is 0. The highest BCUT2D eigenvalue weighted by molar-refractivity contribution is 6.59. The van der Waals surface area contributed by atoms with Gasteiger partial charge >= 0.3 is 7.12 Å². The van der Waals surface area contributed by atoms with Crippen LogP contribution in [0.4, 0.5) is 17.1 Å². The van der Waals surface area contributed by atoms with Gasteiger partial charge in [-0.25, -0.2) is 0 Å². The number of anilines is 3. The van der Waals surface area contributed by atoms with Crippen LogP contribution < -0.4 is 10.4 Å². The van der Waals surface area contributed by atoms with Crippen LogP contribution in [0.1, 0.15) is 0 Å². The number of hydrogen-bond donors (Lipinski definition) is 2. The van der Waals surface area contributed by atoms with Crippen LogP contribution in [0.25, 0.3) is 27.5 Å². The van der Waals surface area contributed by atoms with Crippen molar-refractivity contribution in [3.8, 4) is 5.69 Å². The molecule has 5 aromatic carbocycles. The quantitative estimate of drug-likeness (QED) is 0.318. The van der Waals surface area contributed by atoms with Crippen molar-refractivity contribution in [1.29, 1.82) is 0 Å². The van der Waals surface area contributed by atoms with Gasteiger partial charge in [-0.2, -0.15) is 0 Å². The maximum Gasteiger partial charge on any atom is 0.488 e. The second kappa shape index (κ2) is 8.80. The van der Waals surface area contributed by atoms with Crippen LogP contribution in [0.3, 0.4) is 0 Å². The Balaban J connectivity index is 1.51. The Labute approximate surface area is 204 Å². The summed E-state index contributed by atoms with van der Waals surface area (Å²) in [6.45, 7) is 0. The summed E-state index contributed by atoms with van der Waals surface area (Å²) in [5.41, 5.74) is 6.71. The van der Waals surface area contributed by atoms with E-state index in [0.717, 1.165) is 44.6 Å². The van der Waals surface area contributed by atoms with Crippen LogP contribution in [-0.4, -0.2) is 21.7 Å². The third-order valence-corrected chi connectivity index (χ3v) is 6.39. The summed E-state index contributed by atoms with van der Waals surface area (Å²) in [6, 6.07) is 43.0. The predicted molar refractivity (Wildman–Crippen MR) is 145 cm³/mol. The number of nitrogens with zero attached hydrogens (tertiary/aromatic N) is 2. The SMILES string of the molecule is OB(O)c1ccc2c3ccccc3n(-c3ccc(N(c4ccccc4)c4ccccc4)cc3)c2c1. The van der Waals surface area contributed by atoms with Crippen molar-refractivity contribution in [3.63, 3.8) is 0 Å². The lowest BCUT2D eigenvalue weighted by molar-refractivity contribution is 0.426. The zero-order valence-corrected chi connectivity index (χ0v) is 19.0. The van der Waals surface area contributed by atoms with Gasteiger partial charge in [-0.05, 0) is 66.1 Å². The molecule has 5 heteroatoms. The van der Waals surface area contributed by atoms with E-state index < -0.39 is 7.12 Å². The molecular weight excluding hydrogens is 431 g/mol. The largest absolute Gasteiger partial charge is 0.488 e. The number of fused-ring (bicyclic) bond motifs is 3. The molecule has 0 radical (unpaired) electrons. The molecule has 0 saturated carbocycles. The predicted octanol–water partition coefficient (Wildman–Crippen LogP) is 5.93. The molecule has 6 aromatic rings. The summed E-state index contributed by atoms with van der Waals surface area (Å²) in [5, 5.41) is 21.7. The number of aromatic nitrogens is 1. The standard InChI is InChI=1S/C30H23BN2O2/c34-31(35)22-15-20-28-27-13-7-8-14-29(27)33(30(28)21-22)26-18-16-25(17-19-26)32(23-9-3-1-4-10-23)24-11-5-2-6-12-24/h1-21,34-35H. The molecule has 4 nitrogen and oxygen atoms in total. The molecule has 1 aromatic heterocycles. The lowest BCUT2D eigenvalue weighted by atomic mass is 9.80. The lowest BCUT2D eigenvalue weighted by Gasteiger charge is -2.25. The van der Waals surface area contributed by atoms with Crippen molar-refractivity contribution in [2.45, 2.75) is 0 Å². The van der Waals surface area contributed by atoms with Crippen molar-refractivity contribution < 1.29 is 10.0 Å². The van der Waals surface area contributed by atoms with Crippen LogP contribution in [0.2, 0.25) is 0 Å². The van der Waals surface area contributed by atoms with Crippen molar-refractivity contribution in [2.75, 3.05) is 4.90 Å². The fraction of sp³-hybridized carbons (Fsp3) is 0. The van der Waals surface area contributed by atoms with Crippen molar-refractivity contribution in [1.82, 2.24) is 4.57 Å². The van der Waals surface area contributed by atoms with Gasteiger partial charge in [0.05, 0.1) is 11.0 Å². The van der Waals surface area contributed by atoms with Gasteiger partial charge in [0.15, 0.2) is 0 Å². The van der Waals surface area contributed by atoms with Crippen LogP contribution >= 0.6 is 0 Å². The number of para-hydroxylation sites is 3. The van der Waals surface area contributed by atoms with E-state index in [2.05, 4.69) is 70.1 Å². The van der Waals surface area contributed by atoms with Crippen molar-refractivity contribution in [2.24, 2.45) is 0 Å². The Bertz CT molecular complexity index is 1570. The minimum absolute atomic E-state index is 0.470. The van der Waals surface area contributed by atoms with Gasteiger partial charge in [-0.15, -0.1) is 0 Å². The molecule has 0 aliphatic rings. The van der Waals surface area contributed by atoms with Crippen LogP contribution in [0.5, 0.6) is 0 Å². The summed E-state index contributed by atoms with van der Waals surface area (Å²) in [4.78, 5) is 2.23. The molecule has 1 heterocycles. The van der Waals surface area contributed by atoms with Gasteiger partial charge < -0.3 is 19.5 Å². The molecule has 2 N–H and O–H groups in total. The van der Waals surface area contributed by atoms with Crippen LogP contribution in [-0.2, 0) is 0 Å². The van der Waals surface area contributed by atoms with Gasteiger partial charge in [0.25, 0.3) is 0 Å². The maximum absolute atomic E-state index is 9.77. The third-order valence-electron chi connectivity index (χ3n) is 6.39. The summed E-state index contributed by atoms with van der Waals surface area (Å²) in [6.07, 6.45) is 0. The molecule has 6 rings (SSSR count). The zero-order chi connectivity index (χ0) is 23.8. The summed E-state index contributed by atoms with van der Waals surface area (Å²) < 4.78 is 2.18. The Morgan fingerprint density at radius 1 is 0.514 bits per heavy atom. The van der Waals surface area contributed by atoms with Crippen LogP contribution in [0, 0.1) is 0 Å². The third kappa shape index (κ3) is 3.77. The highest BCUT2D eigenvalue weighted by atomic mass is 16.4. The van der Waals surface area contributed by atoms with Gasteiger partial charge in [0, 0.05) is 33.5 Å². The van der Waals surface area contributed by atoms with E-state index in [1.54, 1.807) is 6.07 Å². The highest BCUT2D eigenvalue weighted by Gasteiger charge is 2.17. The molecular formula is C30H23BN2O2. The van der Waals surface area contributed by atoms with E-state index in [-0.39, 0.29) is 0 Å². The van der Waals surface area contributed by atoms with E-state index in [9.17, 15) is 10.0 Å². The Hall–Kier alpha value is -4.32. The van der Waals surface area contributed by atoms with E-state index in [1.165, 1.54) is 0 Å². The maximum atomic E-state index is 9.77. The van der Waals surface area contributed by atoms with Gasteiger partial charge in [0.1, 0.15) is 0 Å². The summed E-state index contributed by atoms with van der Waals surface area (Å²) >= 11 is 0. The van der Waals surface area contributed by atoms with Gasteiger partial charge in [-0.1, -0.05) is 66.7 Å². The second-order valence-corrected chi connectivity index (χ2v) is 8.53. The first-order valence-corrected chi connectivity index (χ1v) is 11.6. The Kier molecular flexibility index (Phi) is 5.34. The fourth-order valence-corrected chi connectivity index (χ4v) is 4.78. The molecule has 0 atom stereocenters. The topological polar surface area (TPSA) is 48.6 Å². The van der Waals surface area contributed by atoms with Crippen LogP contribution in [0.15, 0.2) is 127 Å². The molecule has 0 saturated heterocycles. The molecule has 0 fully saturated rings. The molecule has 0 aliphatic carbocycles. The Morgan fingerprint density at radius 2 is 1.06 bits per heavy atom. The van der Waals surface area contributed by atoms with Gasteiger partial charge in [0.2, 0.25) is 0 Å². The lowest BCUT2D eigenvalue weighted by Crippen LogP contribution is -2.29. The average molecular weight is 454 g/mol. The van der Waals surface area contributed by atoms with E-state index in [1.807, 2.05) is 60.7 Å². The molecule has 0 bridgehead atoms. The van der Waals surface area contributed by atoms with Crippen molar-refractivity contribution >= 4 is 51.4 Å². The summed E-state index contributed by atoms with van der Waals surface area (Å²) in [7, 11) is -1.52. The fourth-order valence-electron chi connectivity index (χ4n) is 4.78. The molecule has 168 valence electrons. The average Bonchev–Trinajstić information content (AvgIpc) is 3.24. The molecule has 35 heavy (non-hydrogen) atoms. The molecule has 0 spiro atoms. The number of rotatable bonds is 5. The van der Waals surface area contributed by atoms with E-state index in [4.69, 9.17) is 0 Å². The van der Waals surface area contributed by atoms with Crippen molar-refractivity contribution in [3.05, 3.63) is 127 Å². The van der Waals surface area contributed by atoms with E-state index >= 15 is 0 Å². The molecule has 0 aliphatic heterocycles. The first-order chi connectivity index (χ1) is 17.2. The zero-order valence-electron chi connectivity index (χ0n) is 19.0. The molecule has 0 amide bonds. The van der Waals surface area contributed by atoms with Gasteiger partial charge in [-0.3, -0.25) is 0 Å². The first-order valence-electron chi connectivity index (χ1n) is 11.6. The first kappa shape index (κ1) is 21.2. The second-order valence-electron chi connectivity index (χ2n) is 8.53. The highest BCUT2D eigenvalue weighted by Crippen LogP contribution is 2.36. The number of benzene rings is 5. The minimum atomic E-state index is -1.52. The monoisotopic (exact) mass is 454 g/mol. The minimum Gasteiger partial charge on any atom is -0.423 e.